The molecule has 0 aromatic rings. The number of esters is 1. The van der Waals surface area contributed by atoms with Crippen LogP contribution in [-0.4, -0.2) is 17.9 Å². The molecule has 2 aliphatic carbocycles. The summed E-state index contributed by atoms with van der Waals surface area (Å²) in [4.78, 5) is 22.5. The molecule has 0 heterocycles. The van der Waals surface area contributed by atoms with Crippen molar-refractivity contribution in [3.8, 4) is 0 Å². The van der Waals surface area contributed by atoms with Gasteiger partial charge in [-0.05, 0) is 25.7 Å². The first-order chi connectivity index (χ1) is 6.27. The summed E-state index contributed by atoms with van der Waals surface area (Å²) in [5.74, 6) is 0.0487. The Kier molecular flexibility index (Phi) is 2.34. The van der Waals surface area contributed by atoms with E-state index in [0.717, 1.165) is 32.1 Å². The Balaban J connectivity index is 1.82. The third kappa shape index (κ3) is 1.74. The van der Waals surface area contributed by atoms with Gasteiger partial charge in [0.2, 0.25) is 0 Å². The highest BCUT2D eigenvalue weighted by Crippen LogP contribution is 2.29. The van der Waals surface area contributed by atoms with Gasteiger partial charge in [-0.15, -0.1) is 0 Å². The molecule has 0 amide bonds. The van der Waals surface area contributed by atoms with Crippen molar-refractivity contribution in [1.29, 1.82) is 0 Å². The molecule has 0 aromatic carbocycles. The lowest BCUT2D eigenvalue weighted by atomic mass is 9.86. The van der Waals surface area contributed by atoms with Crippen LogP contribution >= 0.6 is 0 Å². The van der Waals surface area contributed by atoms with Gasteiger partial charge in [-0.3, -0.25) is 9.59 Å². The second-order valence-corrected chi connectivity index (χ2v) is 3.91. The molecule has 2 fully saturated rings. The van der Waals surface area contributed by atoms with E-state index in [4.69, 9.17) is 4.74 Å². The second kappa shape index (κ2) is 3.48. The maximum atomic E-state index is 11.4. The molecule has 0 spiro atoms. The predicted octanol–water partition coefficient (Wildman–Crippen LogP) is 1.45. The quantitative estimate of drug-likeness (QED) is 0.607. The van der Waals surface area contributed by atoms with E-state index >= 15 is 0 Å². The average molecular weight is 182 g/mol. The summed E-state index contributed by atoms with van der Waals surface area (Å²) < 4.78 is 5.14. The first-order valence-corrected chi connectivity index (χ1v) is 5.00. The summed E-state index contributed by atoms with van der Waals surface area (Å²) in [6, 6.07) is 0. The molecule has 13 heavy (non-hydrogen) atoms. The molecule has 3 nitrogen and oxygen atoms in total. The molecule has 2 rings (SSSR count). The molecule has 72 valence electrons. The van der Waals surface area contributed by atoms with E-state index in [0.29, 0.717) is 6.42 Å². The van der Waals surface area contributed by atoms with E-state index in [1.54, 1.807) is 0 Å². The molecule has 0 saturated heterocycles. The molecule has 0 radical (unpaired) electrons. The van der Waals surface area contributed by atoms with Gasteiger partial charge in [0.25, 0.3) is 0 Å². The van der Waals surface area contributed by atoms with Gasteiger partial charge < -0.3 is 4.74 Å². The number of ether oxygens (including phenoxy) is 1. The van der Waals surface area contributed by atoms with Crippen LogP contribution < -0.4 is 0 Å². The van der Waals surface area contributed by atoms with Crippen molar-refractivity contribution < 1.29 is 14.3 Å². The van der Waals surface area contributed by atoms with Crippen LogP contribution in [0.5, 0.6) is 0 Å². The summed E-state index contributed by atoms with van der Waals surface area (Å²) in [5, 5.41) is 0. The molecule has 2 saturated carbocycles. The monoisotopic (exact) mass is 182 g/mol. The van der Waals surface area contributed by atoms with Crippen molar-refractivity contribution in [2.75, 3.05) is 0 Å². The zero-order valence-corrected chi connectivity index (χ0v) is 7.62. The van der Waals surface area contributed by atoms with Gasteiger partial charge >= 0.3 is 5.97 Å². The van der Waals surface area contributed by atoms with E-state index in [2.05, 4.69) is 0 Å². The van der Waals surface area contributed by atoms with Crippen molar-refractivity contribution in [2.45, 2.75) is 44.6 Å². The number of hydrogen-bond acceptors (Lipinski definition) is 3. The van der Waals surface area contributed by atoms with Crippen LogP contribution in [0.25, 0.3) is 0 Å². The van der Waals surface area contributed by atoms with Crippen LogP contribution in [0.1, 0.15) is 38.5 Å². The minimum atomic E-state index is -0.409. The SMILES string of the molecule is O=C(OC1CCCC1=O)C1CCC1. The molecule has 0 aliphatic heterocycles. The molecular weight excluding hydrogens is 168 g/mol. The van der Waals surface area contributed by atoms with Gasteiger partial charge in [0, 0.05) is 6.42 Å². The van der Waals surface area contributed by atoms with E-state index in [-0.39, 0.29) is 17.7 Å². The first kappa shape index (κ1) is 8.73. The van der Waals surface area contributed by atoms with Gasteiger partial charge in [-0.25, -0.2) is 0 Å². The van der Waals surface area contributed by atoms with Crippen LogP contribution in [0.2, 0.25) is 0 Å². The summed E-state index contributed by atoms with van der Waals surface area (Å²) >= 11 is 0. The van der Waals surface area contributed by atoms with Crippen LogP contribution in [0.15, 0.2) is 0 Å². The first-order valence-electron chi connectivity index (χ1n) is 5.00. The van der Waals surface area contributed by atoms with Crippen molar-refractivity contribution in [3.63, 3.8) is 0 Å². The summed E-state index contributed by atoms with van der Waals surface area (Å²) in [6.45, 7) is 0. The van der Waals surface area contributed by atoms with E-state index in [9.17, 15) is 9.59 Å². The Morgan fingerprint density at radius 3 is 2.46 bits per heavy atom. The molecule has 2 aliphatic rings. The summed E-state index contributed by atoms with van der Waals surface area (Å²) in [6.07, 6.45) is 4.80. The number of carbonyl (C=O) groups is 2. The third-order valence-electron chi connectivity index (χ3n) is 2.95. The third-order valence-corrected chi connectivity index (χ3v) is 2.95. The normalized spacial score (nSPS) is 28.6. The maximum absolute atomic E-state index is 11.4. The lowest BCUT2D eigenvalue weighted by molar-refractivity contribution is -0.160. The lowest BCUT2D eigenvalue weighted by Crippen LogP contribution is -2.30. The number of Topliss-reactive ketones (excluding diaryl/α,β-unsaturated/α-hetero) is 1. The zero-order chi connectivity index (χ0) is 9.26. The standard InChI is InChI=1S/C10H14O3/c11-8-5-2-6-9(8)13-10(12)7-3-1-4-7/h7,9H,1-6H2. The Morgan fingerprint density at radius 1 is 1.23 bits per heavy atom. The van der Waals surface area contributed by atoms with E-state index in [1.165, 1.54) is 0 Å². The average Bonchev–Trinajstić information content (AvgIpc) is 2.32. The highest BCUT2D eigenvalue weighted by molar-refractivity contribution is 5.87. The number of ketones is 1. The largest absolute Gasteiger partial charge is 0.454 e. The molecule has 0 N–H and O–H groups in total. The van der Waals surface area contributed by atoms with Crippen molar-refractivity contribution in [1.82, 2.24) is 0 Å². The Morgan fingerprint density at radius 2 is 2.00 bits per heavy atom. The van der Waals surface area contributed by atoms with E-state index < -0.39 is 6.10 Å². The molecule has 0 bridgehead atoms. The van der Waals surface area contributed by atoms with Gasteiger partial charge in [-0.1, -0.05) is 6.42 Å². The fraction of sp³-hybridized carbons (Fsp3) is 0.800. The number of rotatable bonds is 2. The summed E-state index contributed by atoms with van der Waals surface area (Å²) in [7, 11) is 0. The van der Waals surface area contributed by atoms with Gasteiger partial charge in [0.05, 0.1) is 5.92 Å². The molecule has 0 aromatic heterocycles. The zero-order valence-electron chi connectivity index (χ0n) is 7.62. The number of carbonyl (C=O) groups excluding carboxylic acids is 2. The van der Waals surface area contributed by atoms with Crippen molar-refractivity contribution >= 4 is 11.8 Å². The van der Waals surface area contributed by atoms with Crippen LogP contribution in [0, 0.1) is 5.92 Å². The second-order valence-electron chi connectivity index (χ2n) is 3.91. The van der Waals surface area contributed by atoms with Gasteiger partial charge in [0.1, 0.15) is 0 Å². The lowest BCUT2D eigenvalue weighted by Gasteiger charge is -2.24. The minimum absolute atomic E-state index is 0.0911. The Bertz CT molecular complexity index is 230. The highest BCUT2D eigenvalue weighted by atomic mass is 16.5. The summed E-state index contributed by atoms with van der Waals surface area (Å²) in [5.41, 5.74) is 0. The molecular formula is C10H14O3. The van der Waals surface area contributed by atoms with Crippen LogP contribution in [-0.2, 0) is 14.3 Å². The molecule has 1 unspecified atom stereocenters. The van der Waals surface area contributed by atoms with Gasteiger partial charge in [-0.2, -0.15) is 0 Å². The predicted molar refractivity (Wildman–Crippen MR) is 46.1 cm³/mol. The fourth-order valence-electron chi connectivity index (χ4n) is 1.79. The topological polar surface area (TPSA) is 43.4 Å². The van der Waals surface area contributed by atoms with Crippen LogP contribution in [0.4, 0.5) is 0 Å². The Labute approximate surface area is 77.4 Å². The molecule has 3 heteroatoms. The molecule has 1 atom stereocenters. The number of hydrogen-bond donors (Lipinski definition) is 0. The van der Waals surface area contributed by atoms with Crippen LogP contribution in [0.3, 0.4) is 0 Å². The fourth-order valence-corrected chi connectivity index (χ4v) is 1.79. The minimum Gasteiger partial charge on any atom is -0.454 e. The van der Waals surface area contributed by atoms with Crippen molar-refractivity contribution in [2.24, 2.45) is 5.92 Å². The van der Waals surface area contributed by atoms with Crippen molar-refractivity contribution in [3.05, 3.63) is 0 Å². The maximum Gasteiger partial charge on any atom is 0.309 e. The Hall–Kier alpha value is -0.860. The van der Waals surface area contributed by atoms with Gasteiger partial charge in [0.15, 0.2) is 11.9 Å². The smallest absolute Gasteiger partial charge is 0.309 e. The van der Waals surface area contributed by atoms with E-state index in [1.807, 2.05) is 0 Å². The highest BCUT2D eigenvalue weighted by Gasteiger charge is 2.33.